The second kappa shape index (κ2) is 12.1. The first-order chi connectivity index (χ1) is 21.7. The smallest absolute Gasteiger partial charge is 0.414 e. The third-order valence-electron chi connectivity index (χ3n) is 7.27. The number of halogens is 2. The zero-order valence-electron chi connectivity index (χ0n) is 24.4. The fourth-order valence-corrected chi connectivity index (χ4v) is 5.20. The molecule has 6 rings (SSSR count). The summed E-state index contributed by atoms with van der Waals surface area (Å²) in [5.74, 6) is -1.41. The van der Waals surface area contributed by atoms with Crippen molar-refractivity contribution < 1.29 is 23.0 Å². The summed E-state index contributed by atoms with van der Waals surface area (Å²) in [6.07, 6.45) is 0.391. The van der Waals surface area contributed by atoms with Gasteiger partial charge in [-0.2, -0.15) is 19.7 Å². The number of ether oxygens (including phenoxy) is 2. The molecular weight excluding hydrogens is 582 g/mol. The van der Waals surface area contributed by atoms with Crippen LogP contribution in [0.4, 0.5) is 30.9 Å². The Kier molecular flexibility index (Phi) is 7.92. The highest BCUT2D eigenvalue weighted by atomic mass is 19.1. The number of fused-ring (bicyclic) bond motifs is 2. The van der Waals surface area contributed by atoms with Gasteiger partial charge in [0.1, 0.15) is 22.8 Å². The fourth-order valence-electron chi connectivity index (χ4n) is 5.20. The predicted molar refractivity (Wildman–Crippen MR) is 166 cm³/mol. The zero-order valence-corrected chi connectivity index (χ0v) is 24.4. The highest BCUT2D eigenvalue weighted by molar-refractivity contribution is 5.95. The van der Waals surface area contributed by atoms with Crippen molar-refractivity contribution in [3.63, 3.8) is 0 Å². The molecule has 3 aromatic heterocycles. The molecule has 1 amide bonds. The number of amides is 1. The molecule has 0 unspecified atom stereocenters. The van der Waals surface area contributed by atoms with Crippen LogP contribution in [-0.4, -0.2) is 45.0 Å². The normalized spacial score (nSPS) is 11.3. The number of anilines is 3. The van der Waals surface area contributed by atoms with Gasteiger partial charge in [-0.05, 0) is 45.7 Å². The van der Waals surface area contributed by atoms with E-state index in [2.05, 4.69) is 20.1 Å². The van der Waals surface area contributed by atoms with E-state index in [4.69, 9.17) is 20.9 Å². The lowest BCUT2D eigenvalue weighted by atomic mass is 10.0. The van der Waals surface area contributed by atoms with Gasteiger partial charge in [-0.3, -0.25) is 4.90 Å². The number of benzene rings is 3. The molecule has 0 saturated carbocycles. The molecule has 0 fully saturated rings. The number of nitrogen functional groups attached to an aromatic ring is 2. The topological polar surface area (TPSA) is 147 Å². The number of rotatable bonds is 8. The predicted octanol–water partition coefficient (Wildman–Crippen LogP) is 5.32. The van der Waals surface area contributed by atoms with Crippen LogP contribution in [0.2, 0.25) is 0 Å². The molecule has 0 atom stereocenters. The van der Waals surface area contributed by atoms with Crippen molar-refractivity contribution in [3.05, 3.63) is 107 Å². The third-order valence-corrected chi connectivity index (χ3v) is 7.27. The van der Waals surface area contributed by atoms with Crippen LogP contribution in [0.25, 0.3) is 27.8 Å². The minimum atomic E-state index is -0.733. The summed E-state index contributed by atoms with van der Waals surface area (Å²) in [6.45, 7) is 0.543. The summed E-state index contributed by atoms with van der Waals surface area (Å²) < 4.78 is 40.3. The first-order valence-corrected chi connectivity index (χ1v) is 13.8. The van der Waals surface area contributed by atoms with Crippen molar-refractivity contribution in [1.29, 1.82) is 0 Å². The molecule has 3 aromatic carbocycles. The van der Waals surface area contributed by atoms with Gasteiger partial charge in [0.15, 0.2) is 11.6 Å². The molecule has 0 spiro atoms. The Labute approximate surface area is 256 Å². The quantitative estimate of drug-likeness (QED) is 0.234. The van der Waals surface area contributed by atoms with Crippen molar-refractivity contribution >= 4 is 45.2 Å². The Hall–Kier alpha value is -5.69. The van der Waals surface area contributed by atoms with Crippen molar-refractivity contribution in [2.45, 2.75) is 19.6 Å². The molecule has 6 aromatic rings. The minimum absolute atomic E-state index is 0.0356. The van der Waals surface area contributed by atoms with Gasteiger partial charge in [-0.25, -0.2) is 18.6 Å². The number of aromatic nitrogens is 5. The van der Waals surface area contributed by atoms with Crippen LogP contribution in [-0.2, 0) is 29.0 Å². The van der Waals surface area contributed by atoms with E-state index in [1.807, 2.05) is 36.4 Å². The Morgan fingerprint density at radius 2 is 1.62 bits per heavy atom. The van der Waals surface area contributed by atoms with E-state index in [-0.39, 0.29) is 41.8 Å². The lowest BCUT2D eigenvalue weighted by molar-refractivity contribution is 0.178. The number of nitrogens with two attached hydrogens (primary N) is 2. The summed E-state index contributed by atoms with van der Waals surface area (Å²) in [7, 11) is 2.88. The Bertz CT molecular complexity index is 2040. The molecule has 0 aliphatic rings. The van der Waals surface area contributed by atoms with Gasteiger partial charge in [0, 0.05) is 19.6 Å². The molecule has 0 aliphatic heterocycles. The maximum atomic E-state index is 14.4. The monoisotopic (exact) mass is 610 g/mol. The molecule has 228 valence electrons. The number of pyridine rings is 1. The number of hydrogen-bond donors (Lipinski definition) is 2. The van der Waals surface area contributed by atoms with E-state index in [0.717, 1.165) is 28.1 Å². The summed E-state index contributed by atoms with van der Waals surface area (Å²) >= 11 is 0. The largest absolute Gasteiger partial charge is 0.452 e. The molecule has 0 bridgehead atoms. The van der Waals surface area contributed by atoms with Crippen molar-refractivity contribution in [2.24, 2.45) is 0 Å². The highest BCUT2D eigenvalue weighted by Gasteiger charge is 2.26. The SMILES string of the molecule is COCc1ccc2cc(CN(C(=O)OC)c3c(N)nc(-n4nc(Cc5ccccc5F)c5ncc(F)cc54)nc3N)ccc2c1. The van der Waals surface area contributed by atoms with E-state index >= 15 is 0 Å². The third kappa shape index (κ3) is 5.80. The summed E-state index contributed by atoms with van der Waals surface area (Å²) in [4.78, 5) is 27.2. The van der Waals surface area contributed by atoms with E-state index in [1.165, 1.54) is 28.8 Å². The Balaban J connectivity index is 1.38. The van der Waals surface area contributed by atoms with E-state index in [0.29, 0.717) is 23.4 Å². The first kappa shape index (κ1) is 29.4. The van der Waals surface area contributed by atoms with Crippen LogP contribution >= 0.6 is 0 Å². The van der Waals surface area contributed by atoms with Crippen LogP contribution in [0.15, 0.2) is 72.9 Å². The molecule has 45 heavy (non-hydrogen) atoms. The van der Waals surface area contributed by atoms with Gasteiger partial charge in [0.25, 0.3) is 5.95 Å². The fraction of sp³-hybridized carbons (Fsp3) is 0.156. The van der Waals surface area contributed by atoms with E-state index < -0.39 is 17.7 Å². The van der Waals surface area contributed by atoms with Crippen molar-refractivity contribution in [1.82, 2.24) is 24.7 Å². The summed E-state index contributed by atoms with van der Waals surface area (Å²) in [5.41, 5.74) is 15.9. The maximum absolute atomic E-state index is 14.4. The lowest BCUT2D eigenvalue weighted by Crippen LogP contribution is -2.32. The molecule has 4 N–H and O–H groups in total. The van der Waals surface area contributed by atoms with Gasteiger partial charge in [0.05, 0.1) is 37.7 Å². The number of hydrogen-bond acceptors (Lipinski definition) is 9. The number of nitrogens with zero attached hydrogens (tertiary/aromatic N) is 6. The van der Waals surface area contributed by atoms with Crippen molar-refractivity contribution in [3.8, 4) is 5.95 Å². The van der Waals surface area contributed by atoms with Gasteiger partial charge in [-0.1, -0.05) is 42.5 Å². The average molecular weight is 611 g/mol. The lowest BCUT2D eigenvalue weighted by Gasteiger charge is -2.24. The summed E-state index contributed by atoms with van der Waals surface area (Å²) in [5, 5.41) is 6.50. The van der Waals surface area contributed by atoms with Gasteiger partial charge >= 0.3 is 6.09 Å². The molecule has 0 radical (unpaired) electrons. The van der Waals surface area contributed by atoms with Crippen LogP contribution in [0.5, 0.6) is 0 Å². The van der Waals surface area contributed by atoms with Crippen LogP contribution < -0.4 is 16.4 Å². The van der Waals surface area contributed by atoms with Crippen LogP contribution in [0.1, 0.15) is 22.4 Å². The summed E-state index contributed by atoms with van der Waals surface area (Å²) in [6, 6.07) is 19.2. The molecule has 0 saturated heterocycles. The first-order valence-electron chi connectivity index (χ1n) is 13.8. The van der Waals surface area contributed by atoms with Gasteiger partial charge in [0.2, 0.25) is 0 Å². The Morgan fingerprint density at radius 1 is 0.933 bits per heavy atom. The molecule has 11 nitrogen and oxygen atoms in total. The van der Waals surface area contributed by atoms with Gasteiger partial charge < -0.3 is 20.9 Å². The second-order valence-electron chi connectivity index (χ2n) is 10.3. The van der Waals surface area contributed by atoms with Crippen molar-refractivity contribution in [2.75, 3.05) is 30.6 Å². The minimum Gasteiger partial charge on any atom is -0.452 e. The Morgan fingerprint density at radius 3 is 2.31 bits per heavy atom. The maximum Gasteiger partial charge on any atom is 0.414 e. The molecule has 3 heterocycles. The highest BCUT2D eigenvalue weighted by Crippen LogP contribution is 2.32. The van der Waals surface area contributed by atoms with Crippen LogP contribution in [0, 0.1) is 11.6 Å². The number of carbonyl (C=O) groups excluding carboxylic acids is 1. The molecular formula is C32H28F2N8O3. The zero-order chi connectivity index (χ0) is 31.7. The molecule has 0 aliphatic carbocycles. The average Bonchev–Trinajstić information content (AvgIpc) is 3.38. The van der Waals surface area contributed by atoms with Gasteiger partial charge in [-0.15, -0.1) is 0 Å². The van der Waals surface area contributed by atoms with E-state index in [1.54, 1.807) is 25.3 Å². The molecule has 13 heteroatoms. The second-order valence-corrected chi connectivity index (χ2v) is 10.3. The van der Waals surface area contributed by atoms with E-state index in [9.17, 15) is 13.6 Å². The number of carbonyl (C=O) groups is 1. The standard InChI is InChI=1S/C32H28F2N8O3/c1-44-17-19-8-10-20-11-18(7-9-21(20)12-19)16-41(32(43)45-2)28-29(35)38-31(39-30(28)36)42-26-14-23(33)15-37-27(26)25(40-42)13-22-5-3-4-6-24(22)34/h3-12,14-15H,13,16-17H2,1-2H3,(H4,35,36,38,39). The number of methoxy groups -OCH3 is 2. The van der Waals surface area contributed by atoms with Crippen LogP contribution in [0.3, 0.4) is 0 Å².